The first kappa shape index (κ1) is 37.8. The Labute approximate surface area is 367 Å². The van der Waals surface area contributed by atoms with E-state index in [1.807, 2.05) is 6.07 Å². The summed E-state index contributed by atoms with van der Waals surface area (Å²) in [6.45, 7) is 0. The predicted octanol–water partition coefficient (Wildman–Crippen LogP) is 11.1. The van der Waals surface area contributed by atoms with Crippen LogP contribution >= 0.6 is 0 Å². The summed E-state index contributed by atoms with van der Waals surface area (Å²) >= 11 is 0. The summed E-state index contributed by atoms with van der Waals surface area (Å²) in [4.78, 5) is 16.1. The van der Waals surface area contributed by atoms with Crippen LogP contribution in [0.3, 0.4) is 0 Å². The van der Waals surface area contributed by atoms with Crippen molar-refractivity contribution in [1.29, 1.82) is 0 Å². The van der Waals surface area contributed by atoms with Crippen molar-refractivity contribution in [3.05, 3.63) is 243 Å². The van der Waals surface area contributed by atoms with Crippen LogP contribution in [-0.2, 0) is 0 Å². The van der Waals surface area contributed by atoms with Gasteiger partial charge in [-0.05, 0) is 56.6 Å². The molecule has 0 aliphatic heterocycles. The van der Waals surface area contributed by atoms with Gasteiger partial charge in [0.2, 0.25) is 5.95 Å². The molecule has 0 amide bonds. The minimum Gasteiger partial charge on any atom is -0.355 e. The average Bonchev–Trinajstić information content (AvgIpc) is 3.70. The van der Waals surface area contributed by atoms with Crippen molar-refractivity contribution < 1.29 is 0 Å². The van der Waals surface area contributed by atoms with Crippen LogP contribution in [0.2, 0.25) is 0 Å². The van der Waals surface area contributed by atoms with E-state index in [0.717, 1.165) is 55.4 Å². The molecule has 2 aromatic heterocycles. The molecule has 6 heteroatoms. The number of nitrogens with one attached hydrogen (secondary N) is 1. The smallest absolute Gasteiger partial charge is 0.238 e. The van der Waals surface area contributed by atoms with Crippen LogP contribution in [0.4, 0.5) is 11.4 Å². The SMILES string of the molecule is c1ccc(-c2ccccc2Nc2cccc(-c3nc(-c4cccc([Si](c5ccccc5)(c5ccccc5)c5ccccc5)c4)nc(-n4c5ccccc5c5ccccc54)n3)c2)cc1. The fraction of sp³-hybridized carbons (Fsp3) is 0. The van der Waals surface area contributed by atoms with Crippen molar-refractivity contribution in [2.24, 2.45) is 0 Å². The first-order valence-electron chi connectivity index (χ1n) is 21.3. The Balaban J connectivity index is 1.12. The van der Waals surface area contributed by atoms with E-state index in [1.165, 1.54) is 20.7 Å². The molecule has 2 heterocycles. The van der Waals surface area contributed by atoms with Crippen LogP contribution in [-0.4, -0.2) is 27.6 Å². The molecule has 0 aliphatic carbocycles. The van der Waals surface area contributed by atoms with Gasteiger partial charge < -0.3 is 5.32 Å². The molecule has 0 saturated heterocycles. The third-order valence-electron chi connectivity index (χ3n) is 12.0. The topological polar surface area (TPSA) is 55.6 Å². The highest BCUT2D eigenvalue weighted by Crippen LogP contribution is 2.34. The summed E-state index contributed by atoms with van der Waals surface area (Å²) in [5, 5.41) is 11.2. The largest absolute Gasteiger partial charge is 0.355 e. The maximum atomic E-state index is 5.39. The number of nitrogens with zero attached hydrogens (tertiary/aromatic N) is 4. The van der Waals surface area contributed by atoms with E-state index in [-0.39, 0.29) is 0 Å². The Bertz CT molecular complexity index is 3220. The molecule has 0 bridgehead atoms. The van der Waals surface area contributed by atoms with E-state index >= 15 is 0 Å². The van der Waals surface area contributed by atoms with E-state index in [2.05, 4.69) is 246 Å². The van der Waals surface area contributed by atoms with Crippen LogP contribution in [0.25, 0.3) is 61.7 Å². The quantitative estimate of drug-likeness (QED) is 0.110. The van der Waals surface area contributed by atoms with Crippen molar-refractivity contribution in [2.45, 2.75) is 0 Å². The maximum absolute atomic E-state index is 5.39. The number of rotatable bonds is 10. The van der Waals surface area contributed by atoms with Crippen molar-refractivity contribution in [2.75, 3.05) is 5.32 Å². The summed E-state index contributed by atoms with van der Waals surface area (Å²) in [6.07, 6.45) is 0. The number of hydrogen-bond donors (Lipinski definition) is 1. The van der Waals surface area contributed by atoms with Gasteiger partial charge in [-0.15, -0.1) is 0 Å². The van der Waals surface area contributed by atoms with Crippen LogP contribution in [0, 0.1) is 0 Å². The zero-order chi connectivity index (χ0) is 42.0. The summed E-state index contributed by atoms with van der Waals surface area (Å²) in [7, 11) is -2.84. The second-order valence-electron chi connectivity index (χ2n) is 15.7. The molecule has 0 fully saturated rings. The lowest BCUT2D eigenvalue weighted by molar-refractivity contribution is 0.953. The highest BCUT2D eigenvalue weighted by molar-refractivity contribution is 7.19. The molecule has 5 nitrogen and oxygen atoms in total. The molecular formula is C57H41N5Si. The average molecular weight is 824 g/mol. The molecule has 0 saturated carbocycles. The summed E-state index contributed by atoms with van der Waals surface area (Å²) < 4.78 is 2.18. The van der Waals surface area contributed by atoms with Crippen molar-refractivity contribution in [3.63, 3.8) is 0 Å². The first-order valence-corrected chi connectivity index (χ1v) is 23.3. The minimum absolute atomic E-state index is 0.559. The van der Waals surface area contributed by atoms with E-state index < -0.39 is 8.07 Å². The third kappa shape index (κ3) is 6.89. The van der Waals surface area contributed by atoms with Gasteiger partial charge in [-0.1, -0.05) is 212 Å². The van der Waals surface area contributed by atoms with Gasteiger partial charge in [0.15, 0.2) is 19.7 Å². The van der Waals surface area contributed by atoms with Gasteiger partial charge in [-0.25, -0.2) is 4.98 Å². The molecule has 298 valence electrons. The molecule has 63 heavy (non-hydrogen) atoms. The number of hydrogen-bond acceptors (Lipinski definition) is 4. The molecule has 0 atom stereocenters. The normalized spacial score (nSPS) is 11.5. The second-order valence-corrected chi connectivity index (χ2v) is 19.5. The Hall–Kier alpha value is -8.19. The molecule has 9 aromatic carbocycles. The van der Waals surface area contributed by atoms with Crippen LogP contribution in [0.5, 0.6) is 0 Å². The fourth-order valence-electron chi connectivity index (χ4n) is 9.17. The standard InChI is InChI=1S/C57H41N5Si/c1-5-21-41(22-6-1)49-33-13-16-36-52(49)58-44-25-19-23-42(39-44)55-59-56(61-57(60-55)62-53-37-17-14-34-50(53)51-35-15-18-38-54(51)62)43-24-20-32-48(40-43)63(45-26-7-2-8-27-45,46-28-9-3-10-29-46)47-30-11-4-12-31-47/h1-40,58H. The number of anilines is 2. The Morgan fingerprint density at radius 2 is 0.794 bits per heavy atom. The zero-order valence-electron chi connectivity index (χ0n) is 34.4. The van der Waals surface area contributed by atoms with Gasteiger partial charge in [0.25, 0.3) is 0 Å². The van der Waals surface area contributed by atoms with Gasteiger partial charge in [0.1, 0.15) is 0 Å². The van der Waals surface area contributed by atoms with Crippen LogP contribution in [0.1, 0.15) is 0 Å². The Morgan fingerprint density at radius 1 is 0.349 bits per heavy atom. The van der Waals surface area contributed by atoms with Crippen molar-refractivity contribution in [1.82, 2.24) is 19.5 Å². The fourth-order valence-corrected chi connectivity index (χ4v) is 14.0. The number of benzene rings is 9. The molecule has 11 rings (SSSR count). The molecule has 0 unspecified atom stereocenters. The molecule has 0 radical (unpaired) electrons. The maximum Gasteiger partial charge on any atom is 0.238 e. The predicted molar refractivity (Wildman–Crippen MR) is 264 cm³/mol. The van der Waals surface area contributed by atoms with Gasteiger partial charge in [0.05, 0.1) is 11.0 Å². The van der Waals surface area contributed by atoms with E-state index in [1.54, 1.807) is 0 Å². The molecule has 0 spiro atoms. The second kappa shape index (κ2) is 16.3. The summed E-state index contributed by atoms with van der Waals surface area (Å²) in [5.74, 6) is 1.74. The van der Waals surface area contributed by atoms with Crippen molar-refractivity contribution in [3.8, 4) is 39.9 Å². The highest BCUT2D eigenvalue weighted by Gasteiger charge is 2.41. The molecule has 0 aliphatic rings. The number of para-hydroxylation sites is 3. The molecule has 1 N–H and O–H groups in total. The van der Waals surface area contributed by atoms with Crippen LogP contribution in [0.15, 0.2) is 243 Å². The monoisotopic (exact) mass is 823 g/mol. The van der Waals surface area contributed by atoms with Gasteiger partial charge in [-0.3, -0.25) is 4.57 Å². The molecule has 11 aromatic rings. The minimum atomic E-state index is -2.84. The zero-order valence-corrected chi connectivity index (χ0v) is 35.4. The van der Waals surface area contributed by atoms with E-state index in [4.69, 9.17) is 15.0 Å². The van der Waals surface area contributed by atoms with Gasteiger partial charge in [0, 0.05) is 38.8 Å². The Kier molecular flexibility index (Phi) is 9.80. The Morgan fingerprint density at radius 3 is 1.38 bits per heavy atom. The lowest BCUT2D eigenvalue weighted by Crippen LogP contribution is -2.74. The summed E-state index contributed by atoms with van der Waals surface area (Å²) in [6, 6.07) is 86.1. The van der Waals surface area contributed by atoms with Crippen molar-refractivity contribution >= 4 is 62.0 Å². The number of fused-ring (bicyclic) bond motifs is 3. The summed E-state index contributed by atoms with van der Waals surface area (Å²) in [5.41, 5.74) is 8.09. The lowest BCUT2D eigenvalue weighted by Gasteiger charge is -2.34. The first-order chi connectivity index (χ1) is 31.2. The van der Waals surface area contributed by atoms with E-state index in [9.17, 15) is 0 Å². The van der Waals surface area contributed by atoms with Crippen LogP contribution < -0.4 is 26.1 Å². The van der Waals surface area contributed by atoms with Gasteiger partial charge >= 0.3 is 0 Å². The van der Waals surface area contributed by atoms with Gasteiger partial charge in [-0.2, -0.15) is 9.97 Å². The lowest BCUT2D eigenvalue weighted by atomic mass is 10.0. The molecular weight excluding hydrogens is 783 g/mol. The third-order valence-corrected chi connectivity index (χ3v) is 16.8. The highest BCUT2D eigenvalue weighted by atomic mass is 28.3. The number of aromatic nitrogens is 4. The van der Waals surface area contributed by atoms with E-state index in [0.29, 0.717) is 17.6 Å².